The Kier molecular flexibility index (Phi) is 5.14. The fraction of sp³-hybridized carbons (Fsp3) is 0. The van der Waals surface area contributed by atoms with E-state index in [0.29, 0.717) is 0 Å². The quantitative estimate of drug-likeness (QED) is 0.182. The molecule has 0 saturated heterocycles. The maximum atomic E-state index is 6.57. The predicted molar refractivity (Wildman–Crippen MR) is 202 cm³/mol. The van der Waals surface area contributed by atoms with E-state index in [4.69, 9.17) is 8.83 Å². The molecule has 0 radical (unpaired) electrons. The maximum absolute atomic E-state index is 6.57. The van der Waals surface area contributed by atoms with Crippen molar-refractivity contribution in [2.24, 2.45) is 0 Å². The lowest BCUT2D eigenvalue weighted by Crippen LogP contribution is -1.91. The second-order valence-electron chi connectivity index (χ2n) is 12.8. The summed E-state index contributed by atoms with van der Waals surface area (Å²) < 4.78 is 13.1. The smallest absolute Gasteiger partial charge is 0.143 e. The normalized spacial score (nSPS) is 12.2. The Labute approximate surface area is 275 Å². The third-order valence-corrected chi connectivity index (χ3v) is 10.2. The molecule has 2 heteroatoms. The van der Waals surface area contributed by atoms with Crippen LogP contribution in [0.5, 0.6) is 0 Å². The molecular formula is C46H26O2. The van der Waals surface area contributed by atoms with E-state index >= 15 is 0 Å². The molecule has 11 rings (SSSR count). The zero-order valence-electron chi connectivity index (χ0n) is 25.8. The van der Waals surface area contributed by atoms with E-state index in [1.807, 2.05) is 12.1 Å². The Balaban J connectivity index is 1.24. The van der Waals surface area contributed by atoms with Crippen LogP contribution >= 0.6 is 0 Å². The Morgan fingerprint density at radius 3 is 1.58 bits per heavy atom. The molecule has 2 heterocycles. The molecule has 0 aliphatic rings. The minimum Gasteiger partial charge on any atom is -0.456 e. The second kappa shape index (κ2) is 9.57. The summed E-state index contributed by atoms with van der Waals surface area (Å²) in [5.74, 6) is 0. The standard InChI is InChI=1S/C46H26O2/c1-3-13-30-27(10-1)12-9-19-32(30)43-35-17-7-5-15-33(35)42(34-16-6-8-18-36(34)43)29-21-23-39-38(26-29)45-40(47-39)24-25-41-44(45)37-22-20-28-11-2-4-14-31(28)46(37)48-41/h1-26H. The van der Waals surface area contributed by atoms with Gasteiger partial charge in [0.2, 0.25) is 0 Å². The molecule has 0 N–H and O–H groups in total. The van der Waals surface area contributed by atoms with Crippen molar-refractivity contribution in [2.75, 3.05) is 0 Å². The van der Waals surface area contributed by atoms with Crippen molar-refractivity contribution >= 4 is 87.0 Å². The molecule has 0 saturated carbocycles. The van der Waals surface area contributed by atoms with E-state index < -0.39 is 0 Å². The number of furan rings is 2. The molecule has 0 unspecified atom stereocenters. The maximum Gasteiger partial charge on any atom is 0.143 e. The molecule has 2 nitrogen and oxygen atoms in total. The van der Waals surface area contributed by atoms with Crippen molar-refractivity contribution in [3.8, 4) is 22.3 Å². The Bertz CT molecular complexity index is 3060. The monoisotopic (exact) mass is 610 g/mol. The summed E-state index contributed by atoms with van der Waals surface area (Å²) in [7, 11) is 0. The summed E-state index contributed by atoms with van der Waals surface area (Å²) >= 11 is 0. The molecule has 222 valence electrons. The third-order valence-electron chi connectivity index (χ3n) is 10.2. The fourth-order valence-electron chi connectivity index (χ4n) is 8.19. The van der Waals surface area contributed by atoms with Gasteiger partial charge in [-0.15, -0.1) is 0 Å². The summed E-state index contributed by atoms with van der Waals surface area (Å²) in [4.78, 5) is 0. The first kappa shape index (κ1) is 25.8. The summed E-state index contributed by atoms with van der Waals surface area (Å²) in [6, 6.07) is 56.6. The van der Waals surface area contributed by atoms with Crippen LogP contribution in [0.1, 0.15) is 0 Å². The van der Waals surface area contributed by atoms with Gasteiger partial charge in [0.25, 0.3) is 0 Å². The van der Waals surface area contributed by atoms with Gasteiger partial charge in [-0.1, -0.05) is 127 Å². The summed E-state index contributed by atoms with van der Waals surface area (Å²) in [6.07, 6.45) is 0. The van der Waals surface area contributed by atoms with Gasteiger partial charge in [0.15, 0.2) is 0 Å². The molecule has 11 aromatic rings. The molecule has 0 aliphatic heterocycles. The molecule has 0 aliphatic carbocycles. The van der Waals surface area contributed by atoms with E-state index in [1.54, 1.807) is 0 Å². The fourth-order valence-corrected chi connectivity index (χ4v) is 8.19. The van der Waals surface area contributed by atoms with Crippen molar-refractivity contribution in [2.45, 2.75) is 0 Å². The first-order chi connectivity index (χ1) is 23.8. The van der Waals surface area contributed by atoms with Gasteiger partial charge in [-0.3, -0.25) is 0 Å². The van der Waals surface area contributed by atoms with Crippen LogP contribution in [-0.2, 0) is 0 Å². The molecule has 48 heavy (non-hydrogen) atoms. The van der Waals surface area contributed by atoms with E-state index in [9.17, 15) is 0 Å². The van der Waals surface area contributed by atoms with Crippen LogP contribution in [0, 0.1) is 0 Å². The third kappa shape index (κ3) is 3.46. The molecule has 0 atom stereocenters. The van der Waals surface area contributed by atoms with Crippen LogP contribution in [0.4, 0.5) is 0 Å². The lowest BCUT2D eigenvalue weighted by molar-refractivity contribution is 0.664. The zero-order valence-corrected chi connectivity index (χ0v) is 25.8. The van der Waals surface area contributed by atoms with E-state index in [1.165, 1.54) is 54.4 Å². The van der Waals surface area contributed by atoms with Crippen molar-refractivity contribution < 1.29 is 8.83 Å². The number of fused-ring (bicyclic) bond motifs is 12. The lowest BCUT2D eigenvalue weighted by Gasteiger charge is -2.18. The Morgan fingerprint density at radius 2 is 0.854 bits per heavy atom. The highest BCUT2D eigenvalue weighted by Crippen LogP contribution is 2.47. The van der Waals surface area contributed by atoms with Gasteiger partial charge in [0, 0.05) is 26.9 Å². The number of rotatable bonds is 2. The topological polar surface area (TPSA) is 26.3 Å². The largest absolute Gasteiger partial charge is 0.456 e. The van der Waals surface area contributed by atoms with Crippen molar-refractivity contribution in [1.29, 1.82) is 0 Å². The average molecular weight is 611 g/mol. The molecule has 2 aromatic heterocycles. The van der Waals surface area contributed by atoms with E-state index in [0.717, 1.165) is 54.8 Å². The number of hydrogen-bond donors (Lipinski definition) is 0. The molecule has 0 bridgehead atoms. The Hall–Kier alpha value is -6.38. The Morgan fingerprint density at radius 1 is 0.312 bits per heavy atom. The van der Waals surface area contributed by atoms with E-state index in [2.05, 4.69) is 146 Å². The van der Waals surface area contributed by atoms with Crippen LogP contribution in [-0.4, -0.2) is 0 Å². The van der Waals surface area contributed by atoms with Gasteiger partial charge in [-0.2, -0.15) is 0 Å². The zero-order chi connectivity index (χ0) is 31.3. The van der Waals surface area contributed by atoms with Crippen LogP contribution in [0.2, 0.25) is 0 Å². The second-order valence-corrected chi connectivity index (χ2v) is 12.8. The highest BCUT2D eigenvalue weighted by Gasteiger charge is 2.21. The minimum absolute atomic E-state index is 0.867. The minimum atomic E-state index is 0.867. The van der Waals surface area contributed by atoms with Gasteiger partial charge >= 0.3 is 0 Å². The van der Waals surface area contributed by atoms with Crippen LogP contribution in [0.15, 0.2) is 167 Å². The van der Waals surface area contributed by atoms with Crippen molar-refractivity contribution in [1.82, 2.24) is 0 Å². The van der Waals surface area contributed by atoms with Gasteiger partial charge in [-0.25, -0.2) is 0 Å². The summed E-state index contributed by atoms with van der Waals surface area (Å²) in [5, 5.41) is 14.2. The average Bonchev–Trinajstić information content (AvgIpc) is 3.72. The highest BCUT2D eigenvalue weighted by atomic mass is 16.3. The van der Waals surface area contributed by atoms with Crippen LogP contribution in [0.25, 0.3) is 109 Å². The van der Waals surface area contributed by atoms with Gasteiger partial charge in [0.1, 0.15) is 22.3 Å². The van der Waals surface area contributed by atoms with E-state index in [-0.39, 0.29) is 0 Å². The molecular weight excluding hydrogens is 585 g/mol. The first-order valence-corrected chi connectivity index (χ1v) is 16.4. The lowest BCUT2D eigenvalue weighted by atomic mass is 9.84. The molecule has 9 aromatic carbocycles. The molecule has 0 fully saturated rings. The summed E-state index contributed by atoms with van der Waals surface area (Å²) in [5.41, 5.74) is 8.46. The van der Waals surface area contributed by atoms with Crippen LogP contribution in [0.3, 0.4) is 0 Å². The van der Waals surface area contributed by atoms with Crippen molar-refractivity contribution in [3.05, 3.63) is 158 Å². The number of hydrogen-bond acceptors (Lipinski definition) is 2. The van der Waals surface area contributed by atoms with Crippen molar-refractivity contribution in [3.63, 3.8) is 0 Å². The SMILES string of the molecule is c1ccc2c(-c3c4ccccc4c(-c4ccc5oc6ccc7oc8c9ccccc9ccc8c7c6c5c4)c4ccccc34)cccc2c1. The molecule has 0 amide bonds. The van der Waals surface area contributed by atoms with Gasteiger partial charge < -0.3 is 8.83 Å². The predicted octanol–water partition coefficient (Wildman–Crippen LogP) is 13.4. The molecule has 0 spiro atoms. The summed E-state index contributed by atoms with van der Waals surface area (Å²) in [6.45, 7) is 0. The van der Waals surface area contributed by atoms with Crippen LogP contribution < -0.4 is 0 Å². The first-order valence-electron chi connectivity index (χ1n) is 16.4. The highest BCUT2D eigenvalue weighted by molar-refractivity contribution is 6.29. The van der Waals surface area contributed by atoms with Gasteiger partial charge in [-0.05, 0) is 90.3 Å². The van der Waals surface area contributed by atoms with Gasteiger partial charge in [0.05, 0.1) is 0 Å². The number of benzene rings is 9.